The van der Waals surface area contributed by atoms with E-state index in [4.69, 9.17) is 11.6 Å². The van der Waals surface area contributed by atoms with Crippen molar-refractivity contribution in [2.75, 3.05) is 5.32 Å². The van der Waals surface area contributed by atoms with Crippen LogP contribution in [0.3, 0.4) is 0 Å². The minimum absolute atomic E-state index is 0.107. The maximum Gasteiger partial charge on any atom is 0.295 e. The van der Waals surface area contributed by atoms with E-state index in [1.54, 1.807) is 28.9 Å². The minimum Gasteiger partial charge on any atom is -0.319 e. The van der Waals surface area contributed by atoms with Gasteiger partial charge in [-0.15, -0.1) is 5.10 Å². The third kappa shape index (κ3) is 3.15. The Morgan fingerprint density at radius 3 is 2.45 bits per heavy atom. The van der Waals surface area contributed by atoms with Crippen molar-refractivity contribution in [3.63, 3.8) is 0 Å². The molecule has 0 aliphatic heterocycles. The Kier molecular flexibility index (Phi) is 3.89. The highest BCUT2D eigenvalue weighted by Gasteiger charge is 2.12. The molecule has 0 spiro atoms. The molecular formula is C16H13ClN4O. The molecule has 0 aliphatic rings. The summed E-state index contributed by atoms with van der Waals surface area (Å²) in [4.78, 5) is 16.2. The van der Waals surface area contributed by atoms with Gasteiger partial charge in [-0.3, -0.25) is 4.79 Å². The number of amides is 1. The molecule has 1 aromatic heterocycles. The molecule has 3 aromatic rings. The molecule has 6 heteroatoms. The summed E-state index contributed by atoms with van der Waals surface area (Å²) in [5, 5.41) is 7.53. The molecule has 0 atom stereocenters. The van der Waals surface area contributed by atoms with Gasteiger partial charge in [0, 0.05) is 10.7 Å². The van der Waals surface area contributed by atoms with Crippen molar-refractivity contribution >= 4 is 23.2 Å². The lowest BCUT2D eigenvalue weighted by atomic mass is 10.2. The second-order valence-corrected chi connectivity index (χ2v) is 5.25. The molecule has 1 heterocycles. The molecule has 0 saturated carbocycles. The lowest BCUT2D eigenvalue weighted by Crippen LogP contribution is -2.14. The summed E-state index contributed by atoms with van der Waals surface area (Å²) >= 11 is 5.81. The van der Waals surface area contributed by atoms with Gasteiger partial charge in [0.25, 0.3) is 5.91 Å². The molecule has 3 rings (SSSR count). The van der Waals surface area contributed by atoms with Crippen LogP contribution in [0.2, 0.25) is 5.02 Å². The van der Waals surface area contributed by atoms with Gasteiger partial charge in [0.05, 0.1) is 5.69 Å². The van der Waals surface area contributed by atoms with E-state index in [1.165, 1.54) is 6.33 Å². The van der Waals surface area contributed by atoms with E-state index in [9.17, 15) is 4.79 Å². The van der Waals surface area contributed by atoms with Crippen molar-refractivity contribution in [2.24, 2.45) is 0 Å². The van der Waals surface area contributed by atoms with Crippen LogP contribution in [0.5, 0.6) is 0 Å². The zero-order chi connectivity index (χ0) is 15.5. The van der Waals surface area contributed by atoms with Crippen molar-refractivity contribution in [1.82, 2.24) is 14.8 Å². The molecule has 0 unspecified atom stereocenters. The first-order valence-electron chi connectivity index (χ1n) is 6.67. The van der Waals surface area contributed by atoms with Gasteiger partial charge in [0.2, 0.25) is 5.82 Å². The first kappa shape index (κ1) is 14.3. The number of carbonyl (C=O) groups is 1. The molecule has 1 amide bonds. The van der Waals surface area contributed by atoms with Gasteiger partial charge in [0.1, 0.15) is 6.33 Å². The summed E-state index contributed by atoms with van der Waals surface area (Å²) in [6.45, 7) is 2.01. The topological polar surface area (TPSA) is 59.8 Å². The van der Waals surface area contributed by atoms with E-state index in [-0.39, 0.29) is 11.7 Å². The normalized spacial score (nSPS) is 10.5. The molecular weight excluding hydrogens is 300 g/mol. The van der Waals surface area contributed by atoms with Gasteiger partial charge in [-0.05, 0) is 43.3 Å². The zero-order valence-electron chi connectivity index (χ0n) is 11.8. The van der Waals surface area contributed by atoms with Crippen LogP contribution in [0, 0.1) is 6.92 Å². The Hall–Kier alpha value is -2.66. The Bertz CT molecular complexity index is 794. The van der Waals surface area contributed by atoms with Crippen LogP contribution >= 0.6 is 11.6 Å². The first-order valence-corrected chi connectivity index (χ1v) is 7.05. The summed E-state index contributed by atoms with van der Waals surface area (Å²) in [6, 6.07) is 14.6. The van der Waals surface area contributed by atoms with Crippen molar-refractivity contribution in [2.45, 2.75) is 6.92 Å². The number of nitrogens with zero attached hydrogens (tertiary/aromatic N) is 3. The lowest BCUT2D eigenvalue weighted by Gasteiger charge is -2.02. The van der Waals surface area contributed by atoms with Crippen molar-refractivity contribution < 1.29 is 4.79 Å². The molecule has 22 heavy (non-hydrogen) atoms. The Labute approximate surface area is 132 Å². The SMILES string of the molecule is Cc1ccc(-n2cnc(C(=O)Nc3ccc(Cl)cc3)n2)cc1. The van der Waals surface area contributed by atoms with Crippen molar-refractivity contribution in [1.29, 1.82) is 0 Å². The Balaban J connectivity index is 1.76. The third-order valence-electron chi connectivity index (χ3n) is 3.10. The second kappa shape index (κ2) is 5.99. The fraction of sp³-hybridized carbons (Fsp3) is 0.0625. The number of hydrogen-bond donors (Lipinski definition) is 1. The van der Waals surface area contributed by atoms with E-state index in [0.29, 0.717) is 10.7 Å². The fourth-order valence-electron chi connectivity index (χ4n) is 1.91. The summed E-state index contributed by atoms with van der Waals surface area (Å²) < 4.78 is 1.57. The van der Waals surface area contributed by atoms with Crippen molar-refractivity contribution in [3.8, 4) is 5.69 Å². The highest BCUT2D eigenvalue weighted by molar-refractivity contribution is 6.30. The quantitative estimate of drug-likeness (QED) is 0.805. The average molecular weight is 313 g/mol. The molecule has 110 valence electrons. The van der Waals surface area contributed by atoms with Crippen LogP contribution in [0.15, 0.2) is 54.9 Å². The maximum absolute atomic E-state index is 12.1. The smallest absolute Gasteiger partial charge is 0.295 e. The highest BCUT2D eigenvalue weighted by Crippen LogP contribution is 2.14. The standard InChI is InChI=1S/C16H13ClN4O/c1-11-2-8-14(9-3-11)21-10-18-15(20-21)16(22)19-13-6-4-12(17)5-7-13/h2-10H,1H3,(H,19,22). The molecule has 0 fully saturated rings. The number of aromatic nitrogens is 3. The monoisotopic (exact) mass is 312 g/mol. The number of carbonyl (C=O) groups excluding carboxylic acids is 1. The zero-order valence-corrected chi connectivity index (χ0v) is 12.6. The van der Waals surface area contributed by atoms with Gasteiger partial charge in [-0.2, -0.15) is 0 Å². The van der Waals surface area contributed by atoms with Crippen LogP contribution in [-0.2, 0) is 0 Å². The number of nitrogens with one attached hydrogen (secondary N) is 1. The van der Waals surface area contributed by atoms with E-state index in [0.717, 1.165) is 11.3 Å². The molecule has 0 bridgehead atoms. The summed E-state index contributed by atoms with van der Waals surface area (Å²) in [5.74, 6) is -0.260. The van der Waals surface area contributed by atoms with Gasteiger partial charge in [0.15, 0.2) is 0 Å². The minimum atomic E-state index is -0.367. The van der Waals surface area contributed by atoms with Crippen LogP contribution in [0.25, 0.3) is 5.69 Å². The van der Waals surface area contributed by atoms with E-state index < -0.39 is 0 Å². The van der Waals surface area contributed by atoms with Crippen LogP contribution in [0.4, 0.5) is 5.69 Å². The molecule has 2 aromatic carbocycles. The summed E-state index contributed by atoms with van der Waals surface area (Å²) in [7, 11) is 0. The van der Waals surface area contributed by atoms with E-state index in [2.05, 4.69) is 15.4 Å². The van der Waals surface area contributed by atoms with E-state index in [1.807, 2.05) is 31.2 Å². The summed E-state index contributed by atoms with van der Waals surface area (Å²) in [6.07, 6.45) is 1.52. The van der Waals surface area contributed by atoms with Crippen LogP contribution < -0.4 is 5.32 Å². The number of aryl methyl sites for hydroxylation is 1. The predicted molar refractivity (Wildman–Crippen MR) is 85.5 cm³/mol. The predicted octanol–water partition coefficient (Wildman–Crippen LogP) is 3.48. The molecule has 1 N–H and O–H groups in total. The van der Waals surface area contributed by atoms with Gasteiger partial charge < -0.3 is 5.32 Å². The second-order valence-electron chi connectivity index (χ2n) is 4.81. The Morgan fingerprint density at radius 1 is 1.09 bits per heavy atom. The number of anilines is 1. The highest BCUT2D eigenvalue weighted by atomic mass is 35.5. The summed E-state index contributed by atoms with van der Waals surface area (Å²) in [5.41, 5.74) is 2.65. The number of halogens is 1. The fourth-order valence-corrected chi connectivity index (χ4v) is 2.04. The van der Waals surface area contributed by atoms with Gasteiger partial charge in [-0.1, -0.05) is 29.3 Å². The van der Waals surface area contributed by atoms with Crippen LogP contribution in [0.1, 0.15) is 16.2 Å². The Morgan fingerprint density at radius 2 is 1.77 bits per heavy atom. The number of benzene rings is 2. The molecule has 5 nitrogen and oxygen atoms in total. The average Bonchev–Trinajstić information content (AvgIpc) is 3.00. The number of rotatable bonds is 3. The van der Waals surface area contributed by atoms with Gasteiger partial charge in [-0.25, -0.2) is 9.67 Å². The maximum atomic E-state index is 12.1. The third-order valence-corrected chi connectivity index (χ3v) is 3.35. The van der Waals surface area contributed by atoms with Crippen molar-refractivity contribution in [3.05, 3.63) is 71.3 Å². The van der Waals surface area contributed by atoms with E-state index >= 15 is 0 Å². The number of hydrogen-bond acceptors (Lipinski definition) is 3. The largest absolute Gasteiger partial charge is 0.319 e. The molecule has 0 saturated heterocycles. The molecule has 0 aliphatic carbocycles. The first-order chi connectivity index (χ1) is 10.6. The van der Waals surface area contributed by atoms with Crippen LogP contribution in [-0.4, -0.2) is 20.7 Å². The van der Waals surface area contributed by atoms with Gasteiger partial charge >= 0.3 is 0 Å². The molecule has 0 radical (unpaired) electrons. The lowest BCUT2D eigenvalue weighted by molar-refractivity contribution is 0.101.